The van der Waals surface area contributed by atoms with Gasteiger partial charge in [-0.15, -0.1) is 5.56 Å². The fourth-order valence-corrected chi connectivity index (χ4v) is 1.54. The van der Waals surface area contributed by atoms with Crippen LogP contribution in [0.25, 0.3) is 11.1 Å². The first kappa shape index (κ1) is 17.5. The SMILES string of the molecule is Oc1ccccc1.[Cs+].[c-]1ccc(-c2cccnc2)cc1. The summed E-state index contributed by atoms with van der Waals surface area (Å²) in [6.45, 7) is 0. The van der Waals surface area contributed by atoms with Crippen LogP contribution >= 0.6 is 0 Å². The summed E-state index contributed by atoms with van der Waals surface area (Å²) in [5.74, 6) is 0.322. The maximum absolute atomic E-state index is 8.63. The van der Waals surface area contributed by atoms with Crippen molar-refractivity contribution in [3.05, 3.63) is 85.2 Å². The average molecular weight is 381 g/mol. The summed E-state index contributed by atoms with van der Waals surface area (Å²) in [6.07, 6.45) is 3.63. The van der Waals surface area contributed by atoms with Crippen LogP contribution in [0.2, 0.25) is 0 Å². The smallest absolute Gasteiger partial charge is 0.508 e. The molecule has 0 aliphatic carbocycles. The molecule has 0 fully saturated rings. The molecule has 0 saturated carbocycles. The van der Waals surface area contributed by atoms with Gasteiger partial charge in [-0.2, -0.15) is 30.3 Å². The van der Waals surface area contributed by atoms with Gasteiger partial charge in [0.05, 0.1) is 0 Å². The summed E-state index contributed by atoms with van der Waals surface area (Å²) in [5, 5.41) is 8.63. The normalized spacial score (nSPS) is 8.80. The number of aromatic hydroxyl groups is 1. The molecule has 3 rings (SSSR count). The summed E-state index contributed by atoms with van der Waals surface area (Å²) in [5.41, 5.74) is 2.33. The van der Waals surface area contributed by atoms with E-state index in [1.807, 2.05) is 48.7 Å². The molecule has 1 heterocycles. The van der Waals surface area contributed by atoms with Gasteiger partial charge in [-0.3, -0.25) is 4.98 Å². The van der Waals surface area contributed by atoms with E-state index >= 15 is 0 Å². The molecule has 0 amide bonds. The molecular weight excluding hydrogens is 367 g/mol. The minimum absolute atomic E-state index is 0. The summed E-state index contributed by atoms with van der Waals surface area (Å²) < 4.78 is 0. The Hall–Kier alpha value is -0.558. The molecule has 0 aliphatic heterocycles. The fourth-order valence-electron chi connectivity index (χ4n) is 1.54. The number of nitrogens with zero attached hydrogens (tertiary/aromatic N) is 1. The minimum atomic E-state index is 0. The second-order valence-corrected chi connectivity index (χ2v) is 3.87. The van der Waals surface area contributed by atoms with Crippen LogP contribution in [0.3, 0.4) is 0 Å². The summed E-state index contributed by atoms with van der Waals surface area (Å²) >= 11 is 0. The van der Waals surface area contributed by atoms with Crippen LogP contribution < -0.4 is 68.9 Å². The van der Waals surface area contributed by atoms with E-state index in [4.69, 9.17) is 5.11 Å². The first-order valence-corrected chi connectivity index (χ1v) is 5.97. The molecule has 0 saturated heterocycles. The Balaban J connectivity index is 0.000000216. The van der Waals surface area contributed by atoms with E-state index in [0.717, 1.165) is 5.56 Å². The third-order valence-corrected chi connectivity index (χ3v) is 2.47. The van der Waals surface area contributed by atoms with Gasteiger partial charge in [0.25, 0.3) is 0 Å². The van der Waals surface area contributed by atoms with E-state index in [1.165, 1.54) is 5.56 Å². The molecule has 0 aliphatic rings. The zero-order valence-electron chi connectivity index (χ0n) is 11.4. The summed E-state index contributed by atoms with van der Waals surface area (Å²) in [4.78, 5) is 4.05. The fraction of sp³-hybridized carbons (Fsp3) is 0. The first-order valence-electron chi connectivity index (χ1n) is 5.97. The van der Waals surface area contributed by atoms with Crippen molar-refractivity contribution in [3.63, 3.8) is 0 Å². The van der Waals surface area contributed by atoms with Crippen LogP contribution in [-0.2, 0) is 0 Å². The molecule has 3 aromatic rings. The molecule has 1 aromatic heterocycles. The number of rotatable bonds is 1. The Morgan fingerprint density at radius 2 is 1.50 bits per heavy atom. The molecule has 94 valence electrons. The Kier molecular flexibility index (Phi) is 8.93. The second-order valence-electron chi connectivity index (χ2n) is 3.87. The molecule has 1 N–H and O–H groups in total. The number of aromatic nitrogens is 1. The predicted octanol–water partition coefficient (Wildman–Crippen LogP) is 0.945. The maximum atomic E-state index is 8.63. The number of hydrogen-bond acceptors (Lipinski definition) is 2. The Morgan fingerprint density at radius 3 is 2.00 bits per heavy atom. The molecule has 0 bridgehead atoms. The zero-order valence-corrected chi connectivity index (χ0v) is 17.7. The van der Waals surface area contributed by atoms with Crippen molar-refractivity contribution < 1.29 is 74.0 Å². The van der Waals surface area contributed by atoms with Gasteiger partial charge in [0.15, 0.2) is 0 Å². The molecule has 2 aromatic carbocycles. The third-order valence-electron chi connectivity index (χ3n) is 2.47. The number of phenols is 1. The van der Waals surface area contributed by atoms with Gasteiger partial charge in [0.2, 0.25) is 0 Å². The number of hydrogen-bond donors (Lipinski definition) is 1. The van der Waals surface area contributed by atoms with Crippen molar-refractivity contribution >= 4 is 0 Å². The van der Waals surface area contributed by atoms with E-state index in [1.54, 1.807) is 30.5 Å². The Morgan fingerprint density at radius 1 is 0.800 bits per heavy atom. The van der Waals surface area contributed by atoms with Gasteiger partial charge in [0.1, 0.15) is 5.75 Å². The van der Waals surface area contributed by atoms with Crippen LogP contribution in [0, 0.1) is 6.07 Å². The number of pyridine rings is 1. The molecule has 3 heteroatoms. The van der Waals surface area contributed by atoms with Gasteiger partial charge < -0.3 is 5.11 Å². The number of phenolic OH excluding ortho intramolecular Hbond substituents is 1. The van der Waals surface area contributed by atoms with E-state index in [9.17, 15) is 0 Å². The van der Waals surface area contributed by atoms with Crippen molar-refractivity contribution in [2.24, 2.45) is 0 Å². The summed E-state index contributed by atoms with van der Waals surface area (Å²) in [6, 6.07) is 23.5. The van der Waals surface area contributed by atoms with Crippen molar-refractivity contribution in [1.82, 2.24) is 4.98 Å². The number of benzene rings is 2. The van der Waals surface area contributed by atoms with Gasteiger partial charge in [-0.05, 0) is 23.8 Å². The van der Waals surface area contributed by atoms with E-state index < -0.39 is 0 Å². The topological polar surface area (TPSA) is 33.1 Å². The standard InChI is InChI=1S/C11H8N.C6H6O.Cs/c1-2-5-10(6-3-1)11-7-4-8-12-9-11;7-6-4-2-1-3-5-6;/h2-9H;1-5,7H;/q-1;;+1. The Labute approximate surface area is 178 Å². The summed E-state index contributed by atoms with van der Waals surface area (Å²) in [7, 11) is 0. The largest absolute Gasteiger partial charge is 1.00 e. The van der Waals surface area contributed by atoms with Crippen LogP contribution in [0.1, 0.15) is 0 Å². The van der Waals surface area contributed by atoms with Crippen LogP contribution in [0.5, 0.6) is 5.75 Å². The zero-order chi connectivity index (χ0) is 13.3. The molecular formula is C17H14CsNO. The van der Waals surface area contributed by atoms with Gasteiger partial charge >= 0.3 is 68.9 Å². The number of para-hydroxylation sites is 1. The first-order chi connectivity index (χ1) is 9.36. The van der Waals surface area contributed by atoms with Crippen molar-refractivity contribution in [2.75, 3.05) is 0 Å². The molecule has 0 unspecified atom stereocenters. The van der Waals surface area contributed by atoms with E-state index in [-0.39, 0.29) is 68.9 Å². The predicted molar refractivity (Wildman–Crippen MR) is 76.6 cm³/mol. The van der Waals surface area contributed by atoms with Gasteiger partial charge in [-0.25, -0.2) is 0 Å². The molecule has 20 heavy (non-hydrogen) atoms. The second kappa shape index (κ2) is 10.2. The van der Waals surface area contributed by atoms with Crippen LogP contribution in [0.15, 0.2) is 79.1 Å². The van der Waals surface area contributed by atoms with Crippen molar-refractivity contribution in [3.8, 4) is 16.9 Å². The Bertz CT molecular complexity index is 548. The van der Waals surface area contributed by atoms with Crippen LogP contribution in [-0.4, -0.2) is 10.1 Å². The quantitative estimate of drug-likeness (QED) is 0.637. The molecule has 2 nitrogen and oxygen atoms in total. The minimum Gasteiger partial charge on any atom is -0.508 e. The maximum Gasteiger partial charge on any atom is 1.00 e. The monoisotopic (exact) mass is 381 g/mol. The van der Waals surface area contributed by atoms with Gasteiger partial charge in [-0.1, -0.05) is 24.3 Å². The van der Waals surface area contributed by atoms with Crippen LogP contribution in [0.4, 0.5) is 0 Å². The van der Waals surface area contributed by atoms with E-state index in [0.29, 0.717) is 5.75 Å². The molecule has 0 spiro atoms. The molecule has 0 radical (unpaired) electrons. The average Bonchev–Trinajstić information content (AvgIpc) is 2.51. The van der Waals surface area contributed by atoms with Gasteiger partial charge in [0, 0.05) is 12.4 Å². The van der Waals surface area contributed by atoms with E-state index in [2.05, 4.69) is 11.1 Å². The van der Waals surface area contributed by atoms with Crippen molar-refractivity contribution in [2.45, 2.75) is 0 Å². The van der Waals surface area contributed by atoms with Crippen molar-refractivity contribution in [1.29, 1.82) is 0 Å². The molecule has 0 atom stereocenters. The third kappa shape index (κ3) is 6.26.